The van der Waals surface area contributed by atoms with Gasteiger partial charge >= 0.3 is 0 Å². The molecule has 9 nitrogen and oxygen atoms in total. The fourth-order valence-corrected chi connectivity index (χ4v) is 4.12. The number of H-pyrrole nitrogens is 1. The number of benzene rings is 1. The molecule has 1 aliphatic rings. The second-order valence-electron chi connectivity index (χ2n) is 8.55. The number of carbonyl (C=O) groups is 2. The topological polar surface area (TPSA) is 113 Å². The van der Waals surface area contributed by atoms with E-state index in [0.29, 0.717) is 35.7 Å². The number of rotatable bonds is 5. The molecule has 0 radical (unpaired) electrons. The molecule has 0 unspecified atom stereocenters. The van der Waals surface area contributed by atoms with Gasteiger partial charge in [-0.2, -0.15) is 9.78 Å². The van der Waals surface area contributed by atoms with Crippen molar-refractivity contribution in [2.45, 2.75) is 47.5 Å². The van der Waals surface area contributed by atoms with Crippen molar-refractivity contribution < 1.29 is 9.59 Å². The highest BCUT2D eigenvalue weighted by atomic mass is 16.2. The van der Waals surface area contributed by atoms with Crippen LogP contribution in [-0.4, -0.2) is 38.1 Å². The van der Waals surface area contributed by atoms with E-state index in [4.69, 9.17) is 0 Å². The lowest BCUT2D eigenvalue weighted by Crippen LogP contribution is -2.29. The molecule has 1 atom stereocenters. The van der Waals surface area contributed by atoms with Gasteiger partial charge in [0.15, 0.2) is 0 Å². The van der Waals surface area contributed by atoms with Crippen LogP contribution in [0.3, 0.4) is 0 Å². The van der Waals surface area contributed by atoms with Crippen LogP contribution in [0.2, 0.25) is 0 Å². The van der Waals surface area contributed by atoms with Gasteiger partial charge in [0, 0.05) is 36.0 Å². The predicted octanol–water partition coefficient (Wildman–Crippen LogP) is 2.74. The minimum Gasteiger partial charge on any atom is -0.312 e. The summed E-state index contributed by atoms with van der Waals surface area (Å²) < 4.78 is 1.42. The molecule has 4 rings (SSSR count). The maximum absolute atomic E-state index is 13.1. The van der Waals surface area contributed by atoms with Gasteiger partial charge in [0.05, 0.1) is 11.6 Å². The van der Waals surface area contributed by atoms with Gasteiger partial charge in [0.1, 0.15) is 5.82 Å². The van der Waals surface area contributed by atoms with Crippen LogP contribution < -0.4 is 15.8 Å². The van der Waals surface area contributed by atoms with Crippen molar-refractivity contribution in [1.29, 1.82) is 0 Å². The van der Waals surface area contributed by atoms with Gasteiger partial charge < -0.3 is 10.2 Å². The van der Waals surface area contributed by atoms with Crippen LogP contribution in [0.15, 0.2) is 29.1 Å². The molecule has 2 amide bonds. The van der Waals surface area contributed by atoms with Crippen molar-refractivity contribution in [3.63, 3.8) is 0 Å². The number of nitrogens with zero attached hydrogens (tertiary/aromatic N) is 4. The number of hydrogen-bond acceptors (Lipinski definition) is 5. The summed E-state index contributed by atoms with van der Waals surface area (Å²) in [5, 5.41) is 7.26. The normalized spacial score (nSPS) is 15.8. The molecule has 33 heavy (non-hydrogen) atoms. The Morgan fingerprint density at radius 2 is 1.91 bits per heavy atom. The van der Waals surface area contributed by atoms with Crippen LogP contribution in [0.25, 0.3) is 5.95 Å². The highest BCUT2D eigenvalue weighted by Gasteiger charge is 2.35. The summed E-state index contributed by atoms with van der Waals surface area (Å²) in [6, 6.07) is 7.56. The molecule has 0 aliphatic carbocycles. The third-order valence-corrected chi connectivity index (χ3v) is 6.14. The van der Waals surface area contributed by atoms with E-state index < -0.39 is 5.92 Å². The van der Waals surface area contributed by atoms with Crippen LogP contribution in [0.5, 0.6) is 0 Å². The van der Waals surface area contributed by atoms with E-state index in [1.165, 1.54) is 4.68 Å². The quantitative estimate of drug-likeness (QED) is 0.623. The number of aromatic nitrogens is 4. The van der Waals surface area contributed by atoms with Crippen molar-refractivity contribution in [2.75, 3.05) is 16.8 Å². The Labute approximate surface area is 191 Å². The van der Waals surface area contributed by atoms with E-state index in [2.05, 4.69) is 20.4 Å². The zero-order chi connectivity index (χ0) is 23.9. The minimum absolute atomic E-state index is 0.0835. The monoisotopic (exact) mass is 448 g/mol. The Balaban J connectivity index is 1.56. The average molecular weight is 449 g/mol. The largest absolute Gasteiger partial charge is 0.312 e. The van der Waals surface area contributed by atoms with Crippen molar-refractivity contribution in [1.82, 2.24) is 19.7 Å². The molecule has 1 aliphatic heterocycles. The molecular formula is C24H28N6O3. The zero-order valence-electron chi connectivity index (χ0n) is 19.5. The molecule has 0 bridgehead atoms. The highest BCUT2D eigenvalue weighted by molar-refractivity contribution is 6.03. The van der Waals surface area contributed by atoms with Crippen molar-refractivity contribution in [2.24, 2.45) is 5.92 Å². The maximum atomic E-state index is 13.1. The lowest BCUT2D eigenvalue weighted by molar-refractivity contribution is -0.122. The predicted molar refractivity (Wildman–Crippen MR) is 126 cm³/mol. The van der Waals surface area contributed by atoms with Gasteiger partial charge in [-0.25, -0.2) is 4.98 Å². The fraction of sp³-hybridized carbons (Fsp3) is 0.375. The van der Waals surface area contributed by atoms with Crippen LogP contribution in [0, 0.1) is 33.6 Å². The van der Waals surface area contributed by atoms with E-state index in [1.54, 1.807) is 24.8 Å². The first-order valence-electron chi connectivity index (χ1n) is 11.0. The van der Waals surface area contributed by atoms with Gasteiger partial charge in [-0.05, 0) is 57.4 Å². The molecule has 0 spiro atoms. The second-order valence-corrected chi connectivity index (χ2v) is 8.55. The lowest BCUT2D eigenvalue weighted by Gasteiger charge is -2.18. The second kappa shape index (κ2) is 8.65. The highest BCUT2D eigenvalue weighted by Crippen LogP contribution is 2.28. The molecule has 3 aromatic rings. The molecule has 0 saturated carbocycles. The van der Waals surface area contributed by atoms with Crippen molar-refractivity contribution in [3.05, 3.63) is 62.7 Å². The Bertz CT molecular complexity index is 1310. The summed E-state index contributed by atoms with van der Waals surface area (Å²) in [5.74, 6) is -0.238. The molecule has 9 heteroatoms. The molecule has 1 aromatic carbocycles. The molecule has 1 saturated heterocycles. The van der Waals surface area contributed by atoms with Gasteiger partial charge in [0.2, 0.25) is 17.8 Å². The first kappa shape index (κ1) is 22.4. The average Bonchev–Trinajstić information content (AvgIpc) is 3.32. The molecule has 1 fully saturated rings. The molecule has 172 valence electrons. The first-order chi connectivity index (χ1) is 15.7. The number of anilines is 2. The lowest BCUT2D eigenvalue weighted by atomic mass is 10.1. The minimum atomic E-state index is -0.501. The van der Waals surface area contributed by atoms with Crippen LogP contribution >= 0.6 is 0 Å². The number of aromatic amines is 1. The number of amides is 2. The van der Waals surface area contributed by atoms with Gasteiger partial charge in [0.25, 0.3) is 5.56 Å². The SMILES string of the molecule is CCc1c(C)nc(-n2nc(C)cc2NC(=O)[C@H]2CC(=O)N(c3ccc(C)c(C)c3)C2)[nH]c1=O. The maximum Gasteiger partial charge on any atom is 0.255 e. The van der Waals surface area contributed by atoms with E-state index in [1.807, 2.05) is 39.0 Å². The van der Waals surface area contributed by atoms with Crippen LogP contribution in [0.1, 0.15) is 41.4 Å². The van der Waals surface area contributed by atoms with Crippen molar-refractivity contribution >= 4 is 23.3 Å². The van der Waals surface area contributed by atoms with E-state index in [-0.39, 0.29) is 29.7 Å². The summed E-state index contributed by atoms with van der Waals surface area (Å²) in [4.78, 5) is 47.0. The van der Waals surface area contributed by atoms with Gasteiger partial charge in [-0.15, -0.1) is 0 Å². The number of nitrogens with one attached hydrogen (secondary N) is 2. The number of aryl methyl sites for hydroxylation is 4. The summed E-state index contributed by atoms with van der Waals surface area (Å²) >= 11 is 0. The van der Waals surface area contributed by atoms with Crippen LogP contribution in [-0.2, 0) is 16.0 Å². The van der Waals surface area contributed by atoms with Gasteiger partial charge in [-0.3, -0.25) is 19.4 Å². The van der Waals surface area contributed by atoms with Crippen LogP contribution in [0.4, 0.5) is 11.5 Å². The zero-order valence-corrected chi connectivity index (χ0v) is 19.5. The summed E-state index contributed by atoms with van der Waals surface area (Å²) in [5.41, 5.74) is 4.71. The third-order valence-electron chi connectivity index (χ3n) is 6.14. The van der Waals surface area contributed by atoms with Crippen molar-refractivity contribution in [3.8, 4) is 5.95 Å². The van der Waals surface area contributed by atoms with E-state index >= 15 is 0 Å². The smallest absolute Gasteiger partial charge is 0.255 e. The standard InChI is InChI=1S/C24H28N6O3/c1-6-19-16(5)25-24(27-23(19)33)30-20(10-15(4)28-30)26-22(32)17-11-21(31)29(12-17)18-8-7-13(2)14(3)9-18/h7-10,17H,6,11-12H2,1-5H3,(H,26,32)(H,25,27,33)/t17-/m0/s1. The molecular weight excluding hydrogens is 420 g/mol. The Hall–Kier alpha value is -3.75. The number of hydrogen-bond donors (Lipinski definition) is 2. The Morgan fingerprint density at radius 1 is 1.15 bits per heavy atom. The Morgan fingerprint density at radius 3 is 2.58 bits per heavy atom. The molecule has 3 heterocycles. The van der Waals surface area contributed by atoms with Gasteiger partial charge in [-0.1, -0.05) is 13.0 Å². The summed E-state index contributed by atoms with van der Waals surface area (Å²) in [6.07, 6.45) is 0.703. The van der Waals surface area contributed by atoms with E-state index in [0.717, 1.165) is 16.8 Å². The number of carbonyl (C=O) groups excluding carboxylic acids is 2. The Kier molecular flexibility index (Phi) is 5.88. The molecule has 2 aromatic heterocycles. The molecule has 2 N–H and O–H groups in total. The van der Waals surface area contributed by atoms with E-state index in [9.17, 15) is 14.4 Å². The first-order valence-corrected chi connectivity index (χ1v) is 11.0. The third kappa shape index (κ3) is 4.30. The summed E-state index contributed by atoms with van der Waals surface area (Å²) in [7, 11) is 0. The fourth-order valence-electron chi connectivity index (χ4n) is 4.12. The summed E-state index contributed by atoms with van der Waals surface area (Å²) in [6.45, 7) is 9.79.